The lowest BCUT2D eigenvalue weighted by Gasteiger charge is -2.35. The summed E-state index contributed by atoms with van der Waals surface area (Å²) in [6.07, 6.45) is 3.95. The van der Waals surface area contributed by atoms with E-state index < -0.39 is 16.4 Å². The van der Waals surface area contributed by atoms with Gasteiger partial charge in [0.1, 0.15) is 0 Å². The second-order valence-electron chi connectivity index (χ2n) is 7.94. The molecule has 0 atom stereocenters. The summed E-state index contributed by atoms with van der Waals surface area (Å²) in [6.45, 7) is 6.53. The number of nitro benzene ring substituents is 1. The summed E-state index contributed by atoms with van der Waals surface area (Å²) >= 11 is 0. The molecule has 0 aliphatic carbocycles. The van der Waals surface area contributed by atoms with E-state index in [9.17, 15) is 19.3 Å². The normalized spacial score (nSPS) is 19.1. The minimum Gasteiger partial charge on any atom is -0.465 e. The van der Waals surface area contributed by atoms with Crippen molar-refractivity contribution in [3.63, 3.8) is 0 Å². The van der Waals surface area contributed by atoms with Gasteiger partial charge in [-0.15, -0.1) is 0 Å². The van der Waals surface area contributed by atoms with Gasteiger partial charge in [0.25, 0.3) is 0 Å². The SMILES string of the molecule is CCOC(=O)CN1CCC(OCC2CCN(c3ccc([N+](=O)[O-])c(F)c3)CC2)CC1. The van der Waals surface area contributed by atoms with Crippen LogP contribution in [-0.2, 0) is 14.3 Å². The van der Waals surface area contributed by atoms with Crippen LogP contribution in [0.5, 0.6) is 0 Å². The number of rotatable bonds is 8. The predicted molar refractivity (Wildman–Crippen MR) is 110 cm³/mol. The van der Waals surface area contributed by atoms with Gasteiger partial charge < -0.3 is 14.4 Å². The van der Waals surface area contributed by atoms with Gasteiger partial charge in [0.15, 0.2) is 0 Å². The largest absolute Gasteiger partial charge is 0.465 e. The van der Waals surface area contributed by atoms with Gasteiger partial charge in [0.05, 0.1) is 24.2 Å². The number of hydrogen-bond donors (Lipinski definition) is 0. The maximum absolute atomic E-state index is 13.9. The third kappa shape index (κ3) is 6.12. The van der Waals surface area contributed by atoms with Gasteiger partial charge in [0.2, 0.25) is 5.82 Å². The van der Waals surface area contributed by atoms with E-state index in [2.05, 4.69) is 9.80 Å². The Morgan fingerprint density at radius 3 is 2.50 bits per heavy atom. The van der Waals surface area contributed by atoms with E-state index in [0.717, 1.165) is 51.9 Å². The maximum Gasteiger partial charge on any atom is 0.320 e. The number of ether oxygens (including phenoxy) is 2. The number of benzene rings is 1. The smallest absolute Gasteiger partial charge is 0.320 e. The van der Waals surface area contributed by atoms with Crippen molar-refractivity contribution in [3.8, 4) is 0 Å². The highest BCUT2D eigenvalue weighted by Gasteiger charge is 2.25. The molecule has 1 aromatic rings. The summed E-state index contributed by atoms with van der Waals surface area (Å²) in [7, 11) is 0. The fourth-order valence-corrected chi connectivity index (χ4v) is 4.09. The van der Waals surface area contributed by atoms with Crippen molar-refractivity contribution in [2.75, 3.05) is 50.8 Å². The van der Waals surface area contributed by atoms with Crippen molar-refractivity contribution in [3.05, 3.63) is 34.1 Å². The molecule has 3 rings (SSSR count). The number of piperidine rings is 2. The summed E-state index contributed by atoms with van der Waals surface area (Å²) in [6, 6.07) is 4.09. The first-order chi connectivity index (χ1) is 14.5. The fourth-order valence-electron chi connectivity index (χ4n) is 4.09. The molecule has 166 valence electrons. The molecule has 8 nitrogen and oxygen atoms in total. The van der Waals surface area contributed by atoms with Crippen LogP contribution in [0.15, 0.2) is 18.2 Å². The molecule has 2 saturated heterocycles. The van der Waals surface area contributed by atoms with E-state index in [0.29, 0.717) is 31.4 Å². The highest BCUT2D eigenvalue weighted by Crippen LogP contribution is 2.28. The molecule has 0 bridgehead atoms. The first kappa shape index (κ1) is 22.4. The monoisotopic (exact) mass is 423 g/mol. The second-order valence-corrected chi connectivity index (χ2v) is 7.94. The number of carbonyl (C=O) groups excluding carboxylic acids is 1. The van der Waals surface area contributed by atoms with E-state index in [1.807, 2.05) is 6.92 Å². The minimum atomic E-state index is -0.794. The summed E-state index contributed by atoms with van der Waals surface area (Å²) < 4.78 is 25.0. The molecule has 0 unspecified atom stereocenters. The first-order valence-corrected chi connectivity index (χ1v) is 10.6. The number of halogens is 1. The molecular formula is C21H30FN3O5. The summed E-state index contributed by atoms with van der Waals surface area (Å²) in [4.78, 5) is 25.8. The minimum absolute atomic E-state index is 0.170. The quantitative estimate of drug-likeness (QED) is 0.361. The van der Waals surface area contributed by atoms with Crippen LogP contribution < -0.4 is 4.90 Å². The van der Waals surface area contributed by atoms with Crippen LogP contribution in [0.25, 0.3) is 0 Å². The highest BCUT2D eigenvalue weighted by molar-refractivity contribution is 5.71. The summed E-state index contributed by atoms with van der Waals surface area (Å²) in [5.74, 6) is -0.504. The number of anilines is 1. The number of hydrogen-bond acceptors (Lipinski definition) is 7. The predicted octanol–water partition coefficient (Wildman–Crippen LogP) is 2.99. The van der Waals surface area contributed by atoms with Crippen LogP contribution in [0.3, 0.4) is 0 Å². The zero-order valence-electron chi connectivity index (χ0n) is 17.4. The van der Waals surface area contributed by atoms with Crippen molar-refractivity contribution < 1.29 is 23.6 Å². The molecule has 30 heavy (non-hydrogen) atoms. The Kier molecular flexibility index (Phi) is 7.98. The van der Waals surface area contributed by atoms with Crippen LogP contribution >= 0.6 is 0 Å². The van der Waals surface area contributed by atoms with Crippen molar-refractivity contribution in [2.24, 2.45) is 5.92 Å². The average Bonchev–Trinajstić information content (AvgIpc) is 2.73. The third-order valence-corrected chi connectivity index (χ3v) is 5.87. The van der Waals surface area contributed by atoms with Gasteiger partial charge in [-0.25, -0.2) is 0 Å². The topological polar surface area (TPSA) is 85.1 Å². The molecule has 2 heterocycles. The number of likely N-dealkylation sites (tertiary alicyclic amines) is 1. The molecule has 0 radical (unpaired) electrons. The Balaban J connectivity index is 1.36. The number of nitro groups is 1. The lowest BCUT2D eigenvalue weighted by molar-refractivity contribution is -0.387. The molecule has 1 aromatic carbocycles. The van der Waals surface area contributed by atoms with Crippen molar-refractivity contribution in [1.82, 2.24) is 4.90 Å². The molecule has 0 aromatic heterocycles. The van der Waals surface area contributed by atoms with Crippen LogP contribution in [-0.4, -0.2) is 67.8 Å². The van der Waals surface area contributed by atoms with E-state index in [4.69, 9.17) is 9.47 Å². The molecule has 0 N–H and O–H groups in total. The molecule has 9 heteroatoms. The van der Waals surface area contributed by atoms with Crippen molar-refractivity contribution >= 4 is 17.3 Å². The second kappa shape index (κ2) is 10.7. The molecule has 0 spiro atoms. The van der Waals surface area contributed by atoms with E-state index in [1.54, 1.807) is 6.07 Å². The zero-order chi connectivity index (χ0) is 21.5. The van der Waals surface area contributed by atoms with Crippen LogP contribution in [0, 0.1) is 21.8 Å². The van der Waals surface area contributed by atoms with Crippen molar-refractivity contribution in [1.29, 1.82) is 0 Å². The van der Waals surface area contributed by atoms with E-state index in [1.165, 1.54) is 12.1 Å². The Hall–Kier alpha value is -2.26. The number of carbonyl (C=O) groups is 1. The van der Waals surface area contributed by atoms with Gasteiger partial charge in [-0.1, -0.05) is 0 Å². The van der Waals surface area contributed by atoms with Crippen LogP contribution in [0.4, 0.5) is 15.8 Å². The van der Waals surface area contributed by atoms with Gasteiger partial charge in [-0.3, -0.25) is 19.8 Å². The van der Waals surface area contributed by atoms with Gasteiger partial charge in [-0.05, 0) is 44.6 Å². The molecule has 0 amide bonds. The zero-order valence-corrected chi connectivity index (χ0v) is 17.4. The Labute approximate surface area is 176 Å². The van der Waals surface area contributed by atoms with Crippen molar-refractivity contribution in [2.45, 2.75) is 38.7 Å². The molecule has 2 aliphatic rings. The Morgan fingerprint density at radius 1 is 1.20 bits per heavy atom. The lowest BCUT2D eigenvalue weighted by Crippen LogP contribution is -2.41. The molecule has 0 saturated carbocycles. The molecule has 2 aliphatic heterocycles. The van der Waals surface area contributed by atoms with Crippen LogP contribution in [0.2, 0.25) is 0 Å². The molecule has 2 fully saturated rings. The van der Waals surface area contributed by atoms with Crippen LogP contribution in [0.1, 0.15) is 32.6 Å². The number of esters is 1. The van der Waals surface area contributed by atoms with E-state index in [-0.39, 0.29) is 12.1 Å². The van der Waals surface area contributed by atoms with Gasteiger partial charge in [-0.2, -0.15) is 4.39 Å². The fraction of sp³-hybridized carbons (Fsp3) is 0.667. The van der Waals surface area contributed by atoms with E-state index >= 15 is 0 Å². The lowest BCUT2D eigenvalue weighted by atomic mass is 9.97. The maximum atomic E-state index is 13.9. The molecular weight excluding hydrogens is 393 g/mol. The van der Waals surface area contributed by atoms with Gasteiger partial charge in [0, 0.05) is 50.6 Å². The third-order valence-electron chi connectivity index (χ3n) is 5.87. The average molecular weight is 423 g/mol. The summed E-state index contributed by atoms with van der Waals surface area (Å²) in [5, 5.41) is 10.8. The highest BCUT2D eigenvalue weighted by atomic mass is 19.1. The first-order valence-electron chi connectivity index (χ1n) is 10.6. The Morgan fingerprint density at radius 2 is 1.90 bits per heavy atom. The summed E-state index contributed by atoms with van der Waals surface area (Å²) in [5.41, 5.74) is 0.196. The standard InChI is InChI=1S/C21H30FN3O5/c1-2-29-21(26)14-23-9-7-18(8-10-23)30-15-16-5-11-24(12-6-16)17-3-4-20(25(27)28)19(22)13-17/h3-4,13,16,18H,2,5-12,14-15H2,1H3. The Bertz CT molecular complexity index is 731. The van der Waals surface area contributed by atoms with Gasteiger partial charge >= 0.3 is 11.7 Å². The number of nitrogens with zero attached hydrogens (tertiary/aromatic N) is 3.